The number of aromatic nitrogens is 1. The second kappa shape index (κ2) is 8.10. The Bertz CT molecular complexity index is 542. The fourth-order valence-corrected chi connectivity index (χ4v) is 2.87. The summed E-state index contributed by atoms with van der Waals surface area (Å²) in [4.78, 5) is 7.44. The lowest BCUT2D eigenvalue weighted by Gasteiger charge is -2.22. The van der Waals surface area contributed by atoms with Crippen molar-refractivity contribution >= 4 is 17.2 Å². The number of hydrogen-bond donors (Lipinski definition) is 1. The van der Waals surface area contributed by atoms with Crippen LogP contribution in [0.15, 0.2) is 29.8 Å². The molecule has 21 heavy (non-hydrogen) atoms. The van der Waals surface area contributed by atoms with E-state index in [1.807, 2.05) is 23.3 Å². The van der Waals surface area contributed by atoms with E-state index in [9.17, 15) is 4.39 Å². The molecule has 3 nitrogen and oxygen atoms in total. The molecule has 5 heteroatoms. The minimum absolute atomic E-state index is 0.209. The first-order valence-corrected chi connectivity index (χ1v) is 8.25. The van der Waals surface area contributed by atoms with Gasteiger partial charge in [0, 0.05) is 29.7 Å². The molecule has 1 N–H and O–H groups in total. The summed E-state index contributed by atoms with van der Waals surface area (Å²) in [6.07, 6.45) is 2.73. The summed E-state index contributed by atoms with van der Waals surface area (Å²) in [7, 11) is 0. The summed E-state index contributed by atoms with van der Waals surface area (Å²) < 4.78 is 14.6. The molecule has 0 fully saturated rings. The monoisotopic (exact) mass is 307 g/mol. The number of halogens is 1. The van der Waals surface area contributed by atoms with Crippen LogP contribution in [0.25, 0.3) is 0 Å². The molecular formula is C16H22FN3S. The summed E-state index contributed by atoms with van der Waals surface area (Å²) in [5.74, 6) is 0.237. The Morgan fingerprint density at radius 1 is 1.33 bits per heavy atom. The highest BCUT2D eigenvalue weighted by atomic mass is 32.1. The van der Waals surface area contributed by atoms with Crippen LogP contribution < -0.4 is 10.2 Å². The third-order valence-electron chi connectivity index (χ3n) is 3.30. The zero-order valence-corrected chi connectivity index (χ0v) is 13.4. The topological polar surface area (TPSA) is 28.2 Å². The second-order valence-electron chi connectivity index (χ2n) is 4.88. The Balaban J connectivity index is 2.15. The van der Waals surface area contributed by atoms with Gasteiger partial charge in [0.25, 0.3) is 0 Å². The summed E-state index contributed by atoms with van der Waals surface area (Å²) in [5.41, 5.74) is 0.679. The molecule has 0 spiro atoms. The molecule has 0 saturated heterocycles. The van der Waals surface area contributed by atoms with Gasteiger partial charge in [0.2, 0.25) is 0 Å². The maximum Gasteiger partial charge on any atom is 0.170 e. The van der Waals surface area contributed by atoms with Crippen LogP contribution in [0.2, 0.25) is 0 Å². The van der Waals surface area contributed by atoms with Gasteiger partial charge < -0.3 is 10.2 Å². The number of pyridine rings is 1. The van der Waals surface area contributed by atoms with E-state index >= 15 is 0 Å². The van der Waals surface area contributed by atoms with E-state index in [0.717, 1.165) is 19.5 Å². The van der Waals surface area contributed by atoms with Crippen molar-refractivity contribution in [3.8, 4) is 0 Å². The molecule has 0 saturated carbocycles. The summed E-state index contributed by atoms with van der Waals surface area (Å²) >= 11 is 1.68. The normalized spacial score (nSPS) is 10.8. The maximum atomic E-state index is 14.6. The lowest BCUT2D eigenvalue weighted by atomic mass is 10.2. The molecule has 0 aromatic carbocycles. The average Bonchev–Trinajstić information content (AvgIpc) is 3.00. The molecule has 2 aromatic heterocycles. The smallest absolute Gasteiger partial charge is 0.170 e. The highest BCUT2D eigenvalue weighted by molar-refractivity contribution is 7.09. The van der Waals surface area contributed by atoms with Crippen LogP contribution >= 0.6 is 11.3 Å². The fourth-order valence-electron chi connectivity index (χ4n) is 2.16. The van der Waals surface area contributed by atoms with E-state index in [1.54, 1.807) is 23.6 Å². The first-order chi connectivity index (χ1) is 10.3. The zero-order valence-electron chi connectivity index (χ0n) is 12.6. The zero-order chi connectivity index (χ0) is 15.1. The lowest BCUT2D eigenvalue weighted by molar-refractivity contribution is 0.574. The largest absolute Gasteiger partial charge is 0.349 e. The Labute approximate surface area is 129 Å². The molecule has 2 rings (SSSR count). The van der Waals surface area contributed by atoms with Crippen molar-refractivity contribution in [2.75, 3.05) is 18.0 Å². The van der Waals surface area contributed by atoms with Gasteiger partial charge in [0.1, 0.15) is 0 Å². The summed E-state index contributed by atoms with van der Waals surface area (Å²) in [5, 5.41) is 5.28. The standard InChI is InChI=1S/C16H22FN3S/c1-3-8-18-11-13-7-9-19-16(15(13)17)20(4-2)12-14-6-5-10-21-14/h5-7,9-10,18H,3-4,8,11-12H2,1-2H3. The van der Waals surface area contributed by atoms with Gasteiger partial charge in [-0.2, -0.15) is 0 Å². The predicted molar refractivity (Wildman–Crippen MR) is 87.2 cm³/mol. The van der Waals surface area contributed by atoms with E-state index in [-0.39, 0.29) is 5.82 Å². The first-order valence-electron chi connectivity index (χ1n) is 7.37. The van der Waals surface area contributed by atoms with Gasteiger partial charge in [-0.15, -0.1) is 11.3 Å². The van der Waals surface area contributed by atoms with Crippen LogP contribution in [0.1, 0.15) is 30.7 Å². The van der Waals surface area contributed by atoms with Crippen molar-refractivity contribution in [3.05, 3.63) is 46.0 Å². The summed E-state index contributed by atoms with van der Waals surface area (Å²) in [6.45, 7) is 6.99. The Kier molecular flexibility index (Phi) is 6.14. The molecule has 0 atom stereocenters. The van der Waals surface area contributed by atoms with E-state index < -0.39 is 0 Å². The number of nitrogens with zero attached hydrogens (tertiary/aromatic N) is 2. The maximum absolute atomic E-state index is 14.6. The molecule has 0 radical (unpaired) electrons. The van der Waals surface area contributed by atoms with Gasteiger partial charge in [-0.25, -0.2) is 9.37 Å². The van der Waals surface area contributed by atoms with Crippen molar-refractivity contribution in [1.82, 2.24) is 10.3 Å². The predicted octanol–water partition coefficient (Wildman–Crippen LogP) is 3.81. The quantitative estimate of drug-likeness (QED) is 0.752. The van der Waals surface area contributed by atoms with Crippen LogP contribution in [0.3, 0.4) is 0 Å². The second-order valence-corrected chi connectivity index (χ2v) is 5.91. The molecule has 0 aliphatic heterocycles. The van der Waals surface area contributed by atoms with Gasteiger partial charge >= 0.3 is 0 Å². The van der Waals surface area contributed by atoms with Gasteiger partial charge in [-0.05, 0) is 37.4 Å². The van der Waals surface area contributed by atoms with E-state index in [0.29, 0.717) is 24.5 Å². The fraction of sp³-hybridized carbons (Fsp3) is 0.438. The minimum atomic E-state index is -0.209. The van der Waals surface area contributed by atoms with Crippen LogP contribution in [-0.2, 0) is 13.1 Å². The number of anilines is 1. The lowest BCUT2D eigenvalue weighted by Crippen LogP contribution is -2.25. The van der Waals surface area contributed by atoms with Crippen LogP contribution in [0.4, 0.5) is 10.2 Å². The Hall–Kier alpha value is -1.46. The van der Waals surface area contributed by atoms with Crippen LogP contribution in [-0.4, -0.2) is 18.1 Å². The van der Waals surface area contributed by atoms with Gasteiger partial charge in [0.15, 0.2) is 11.6 Å². The van der Waals surface area contributed by atoms with Crippen LogP contribution in [0, 0.1) is 5.82 Å². The SMILES string of the molecule is CCCNCc1ccnc(N(CC)Cc2cccs2)c1F. The first kappa shape index (κ1) is 15.9. The number of rotatable bonds is 8. The van der Waals surface area contributed by atoms with Crippen molar-refractivity contribution in [3.63, 3.8) is 0 Å². The molecule has 2 aromatic rings. The molecule has 0 bridgehead atoms. The molecule has 2 heterocycles. The number of nitrogens with one attached hydrogen (secondary N) is 1. The van der Waals surface area contributed by atoms with E-state index in [4.69, 9.17) is 0 Å². The third kappa shape index (κ3) is 4.25. The van der Waals surface area contributed by atoms with Crippen molar-refractivity contribution in [2.45, 2.75) is 33.4 Å². The molecule has 0 aliphatic carbocycles. The molecule has 0 unspecified atom stereocenters. The molecule has 0 amide bonds. The Morgan fingerprint density at radius 3 is 2.86 bits per heavy atom. The third-order valence-corrected chi connectivity index (χ3v) is 4.16. The highest BCUT2D eigenvalue weighted by Crippen LogP contribution is 2.22. The van der Waals surface area contributed by atoms with Gasteiger partial charge in [-0.1, -0.05) is 13.0 Å². The van der Waals surface area contributed by atoms with Crippen molar-refractivity contribution < 1.29 is 4.39 Å². The van der Waals surface area contributed by atoms with Crippen LogP contribution in [0.5, 0.6) is 0 Å². The minimum Gasteiger partial charge on any atom is -0.349 e. The average molecular weight is 307 g/mol. The molecular weight excluding hydrogens is 285 g/mol. The Morgan fingerprint density at radius 2 is 2.19 bits per heavy atom. The van der Waals surface area contributed by atoms with Crippen molar-refractivity contribution in [1.29, 1.82) is 0 Å². The molecule has 0 aliphatic rings. The number of hydrogen-bond acceptors (Lipinski definition) is 4. The van der Waals surface area contributed by atoms with Gasteiger partial charge in [0.05, 0.1) is 6.54 Å². The molecule has 114 valence electrons. The van der Waals surface area contributed by atoms with E-state index in [2.05, 4.69) is 23.3 Å². The number of thiophene rings is 1. The van der Waals surface area contributed by atoms with E-state index in [1.165, 1.54) is 4.88 Å². The summed E-state index contributed by atoms with van der Waals surface area (Å²) in [6, 6.07) is 5.83. The highest BCUT2D eigenvalue weighted by Gasteiger charge is 2.15. The van der Waals surface area contributed by atoms with Gasteiger partial charge in [-0.3, -0.25) is 0 Å². The van der Waals surface area contributed by atoms with Crippen molar-refractivity contribution in [2.24, 2.45) is 0 Å².